The summed E-state index contributed by atoms with van der Waals surface area (Å²) in [6.45, 7) is 2.81. The molecule has 2 amide bonds. The lowest BCUT2D eigenvalue weighted by Crippen LogP contribution is -2.56. The second-order valence-electron chi connectivity index (χ2n) is 6.86. The second-order valence-corrected chi connectivity index (χ2v) is 6.86. The number of carbonyl (C=O) groups excluding carboxylic acids is 1. The molecule has 3 N–H and O–H groups in total. The Morgan fingerprint density at radius 3 is 2.79 bits per heavy atom. The van der Waals surface area contributed by atoms with Crippen molar-refractivity contribution in [3.63, 3.8) is 0 Å². The molecule has 3 rings (SSSR count). The van der Waals surface area contributed by atoms with E-state index in [9.17, 15) is 14.0 Å². The molecule has 1 aromatic heterocycles. The van der Waals surface area contributed by atoms with E-state index >= 15 is 0 Å². The summed E-state index contributed by atoms with van der Waals surface area (Å²) < 4.78 is 15.8. The molecular formula is C19H24FN5O3. The number of urea groups is 1. The first-order chi connectivity index (χ1) is 13.5. The minimum atomic E-state index is -0.845. The molecule has 0 unspecified atom stereocenters. The number of likely N-dealkylation sites (N-methyl/N-ethyl adjacent to an activating group) is 1. The number of imidazole rings is 1. The van der Waals surface area contributed by atoms with Crippen LogP contribution >= 0.6 is 0 Å². The fourth-order valence-electron chi connectivity index (χ4n) is 3.37. The van der Waals surface area contributed by atoms with Crippen molar-refractivity contribution in [3.8, 4) is 5.69 Å². The predicted molar refractivity (Wildman–Crippen MR) is 101 cm³/mol. The first kappa shape index (κ1) is 19.8. The van der Waals surface area contributed by atoms with Crippen LogP contribution in [0.2, 0.25) is 0 Å². The highest BCUT2D eigenvalue weighted by molar-refractivity contribution is 5.74. The predicted octanol–water partition coefficient (Wildman–Crippen LogP) is 1.75. The zero-order valence-corrected chi connectivity index (χ0v) is 15.6. The number of nitrogens with zero attached hydrogens (tertiary/aromatic N) is 3. The number of amides is 2. The number of hydrogen-bond donors (Lipinski definition) is 3. The largest absolute Gasteiger partial charge is 0.480 e. The number of carboxylic acids is 1. The highest BCUT2D eigenvalue weighted by Crippen LogP contribution is 2.25. The maximum atomic E-state index is 14.2. The van der Waals surface area contributed by atoms with Gasteiger partial charge >= 0.3 is 12.0 Å². The number of rotatable bonds is 8. The van der Waals surface area contributed by atoms with E-state index in [1.807, 2.05) is 11.8 Å². The molecule has 1 fully saturated rings. The summed E-state index contributed by atoms with van der Waals surface area (Å²) in [7, 11) is 0. The van der Waals surface area contributed by atoms with E-state index < -0.39 is 11.8 Å². The lowest BCUT2D eigenvalue weighted by molar-refractivity contribution is -0.139. The molecule has 1 aromatic carbocycles. The summed E-state index contributed by atoms with van der Waals surface area (Å²) in [6.07, 6.45) is 6.20. The van der Waals surface area contributed by atoms with Crippen LogP contribution in [0.4, 0.5) is 9.18 Å². The van der Waals surface area contributed by atoms with Crippen molar-refractivity contribution in [2.75, 3.05) is 13.1 Å². The number of carbonyl (C=O) groups is 2. The molecule has 1 aliphatic carbocycles. The maximum absolute atomic E-state index is 14.2. The molecule has 1 aliphatic rings. The van der Waals surface area contributed by atoms with Crippen molar-refractivity contribution < 1.29 is 19.1 Å². The van der Waals surface area contributed by atoms with Crippen molar-refractivity contribution >= 4 is 12.0 Å². The average molecular weight is 389 g/mol. The number of halogens is 1. The number of aliphatic carboxylic acids is 1. The van der Waals surface area contributed by atoms with Gasteiger partial charge in [0.2, 0.25) is 0 Å². The molecule has 0 radical (unpaired) electrons. The van der Waals surface area contributed by atoms with Gasteiger partial charge in [-0.05, 0) is 37.1 Å². The molecule has 2 aromatic rings. The molecule has 1 heterocycles. The quantitative estimate of drug-likeness (QED) is 0.639. The summed E-state index contributed by atoms with van der Waals surface area (Å²) in [5.41, 5.74) is 1.05. The van der Waals surface area contributed by atoms with Gasteiger partial charge in [-0.3, -0.25) is 9.69 Å². The fraction of sp³-hybridized carbons (Fsp3) is 0.421. The van der Waals surface area contributed by atoms with Gasteiger partial charge in [0.15, 0.2) is 0 Å². The summed E-state index contributed by atoms with van der Waals surface area (Å²) in [6, 6.07) is 4.67. The van der Waals surface area contributed by atoms with Crippen LogP contribution in [0.15, 0.2) is 36.9 Å². The Labute approximate surface area is 162 Å². The molecule has 0 aliphatic heterocycles. The van der Waals surface area contributed by atoms with Gasteiger partial charge in [0, 0.05) is 31.0 Å². The van der Waals surface area contributed by atoms with Crippen LogP contribution < -0.4 is 10.6 Å². The zero-order chi connectivity index (χ0) is 20.1. The monoisotopic (exact) mass is 389 g/mol. The van der Waals surface area contributed by atoms with Gasteiger partial charge in [-0.2, -0.15) is 0 Å². The Kier molecular flexibility index (Phi) is 6.25. The smallest absolute Gasteiger partial charge is 0.317 e. The summed E-state index contributed by atoms with van der Waals surface area (Å²) in [5, 5.41) is 14.5. The molecule has 8 nitrogen and oxygen atoms in total. The highest BCUT2D eigenvalue weighted by Gasteiger charge is 2.34. The number of aromatic nitrogens is 2. The van der Waals surface area contributed by atoms with Crippen LogP contribution in [-0.4, -0.2) is 56.7 Å². The SMILES string of the molecule is CCN(CC(=O)O)C1CC(NC(=O)NCc2ccc(-n3ccnc3)c(F)c2)C1. The van der Waals surface area contributed by atoms with Gasteiger partial charge in [-0.1, -0.05) is 13.0 Å². The Hall–Kier alpha value is -2.94. The van der Waals surface area contributed by atoms with E-state index in [0.29, 0.717) is 17.8 Å². The molecular weight excluding hydrogens is 365 g/mol. The van der Waals surface area contributed by atoms with Crippen molar-refractivity contribution in [2.45, 2.75) is 38.4 Å². The lowest BCUT2D eigenvalue weighted by atomic mass is 9.85. The maximum Gasteiger partial charge on any atom is 0.317 e. The van der Waals surface area contributed by atoms with Crippen molar-refractivity contribution in [1.82, 2.24) is 25.1 Å². The van der Waals surface area contributed by atoms with Gasteiger partial charge in [0.05, 0.1) is 18.6 Å². The second kappa shape index (κ2) is 8.83. The standard InChI is InChI=1S/C19H24FN5O3/c1-2-24(11-18(26)27)15-8-14(9-15)23-19(28)22-10-13-3-4-17(16(20)7-13)25-6-5-21-12-25/h3-7,12,14-15H,2,8-11H2,1H3,(H,26,27)(H2,22,23,28). The Balaban J connectivity index is 1.43. The molecule has 150 valence electrons. The van der Waals surface area contributed by atoms with Crippen molar-refractivity contribution in [1.29, 1.82) is 0 Å². The normalized spacial score (nSPS) is 18.5. The number of carboxylic acid groups (broad SMARTS) is 1. The van der Waals surface area contributed by atoms with Crippen LogP contribution in [0.25, 0.3) is 5.69 Å². The molecule has 0 spiro atoms. The first-order valence-electron chi connectivity index (χ1n) is 9.23. The fourth-order valence-corrected chi connectivity index (χ4v) is 3.37. The van der Waals surface area contributed by atoms with E-state index in [1.165, 1.54) is 12.4 Å². The van der Waals surface area contributed by atoms with Crippen LogP contribution in [0.1, 0.15) is 25.3 Å². The third kappa shape index (κ3) is 4.86. The third-order valence-corrected chi connectivity index (χ3v) is 4.96. The van der Waals surface area contributed by atoms with Crippen LogP contribution in [0, 0.1) is 5.82 Å². The van der Waals surface area contributed by atoms with E-state index in [-0.39, 0.29) is 31.2 Å². The zero-order valence-electron chi connectivity index (χ0n) is 15.6. The third-order valence-electron chi connectivity index (χ3n) is 4.96. The van der Waals surface area contributed by atoms with Crippen LogP contribution in [-0.2, 0) is 11.3 Å². The Morgan fingerprint density at radius 1 is 1.39 bits per heavy atom. The van der Waals surface area contributed by atoms with Crippen molar-refractivity contribution in [3.05, 3.63) is 48.3 Å². The number of hydrogen-bond acceptors (Lipinski definition) is 4. The number of benzene rings is 1. The van der Waals surface area contributed by atoms with Gasteiger partial charge < -0.3 is 20.3 Å². The van der Waals surface area contributed by atoms with Crippen LogP contribution in [0.3, 0.4) is 0 Å². The highest BCUT2D eigenvalue weighted by atomic mass is 19.1. The molecule has 0 bridgehead atoms. The molecule has 9 heteroatoms. The molecule has 0 atom stereocenters. The molecule has 0 saturated heterocycles. The summed E-state index contributed by atoms with van der Waals surface area (Å²) in [4.78, 5) is 28.7. The van der Waals surface area contributed by atoms with Gasteiger partial charge in [0.1, 0.15) is 5.82 Å². The molecule has 28 heavy (non-hydrogen) atoms. The van der Waals surface area contributed by atoms with Gasteiger partial charge in [-0.25, -0.2) is 14.2 Å². The average Bonchev–Trinajstić information content (AvgIpc) is 3.15. The topological polar surface area (TPSA) is 99.5 Å². The van der Waals surface area contributed by atoms with E-state index in [4.69, 9.17) is 5.11 Å². The summed E-state index contributed by atoms with van der Waals surface area (Å²) in [5.74, 6) is -1.24. The minimum absolute atomic E-state index is 0.0146. The Bertz CT molecular complexity index is 821. The number of nitrogens with one attached hydrogen (secondary N) is 2. The van der Waals surface area contributed by atoms with E-state index in [2.05, 4.69) is 15.6 Å². The van der Waals surface area contributed by atoms with Crippen LogP contribution in [0.5, 0.6) is 0 Å². The lowest BCUT2D eigenvalue weighted by Gasteiger charge is -2.42. The van der Waals surface area contributed by atoms with Gasteiger partial charge in [-0.15, -0.1) is 0 Å². The van der Waals surface area contributed by atoms with Gasteiger partial charge in [0.25, 0.3) is 0 Å². The minimum Gasteiger partial charge on any atom is -0.480 e. The molecule has 1 saturated carbocycles. The van der Waals surface area contributed by atoms with E-state index in [0.717, 1.165) is 12.8 Å². The van der Waals surface area contributed by atoms with E-state index in [1.54, 1.807) is 29.1 Å². The Morgan fingerprint density at radius 2 is 2.18 bits per heavy atom. The van der Waals surface area contributed by atoms with Crippen molar-refractivity contribution in [2.24, 2.45) is 0 Å². The first-order valence-corrected chi connectivity index (χ1v) is 9.23. The summed E-state index contributed by atoms with van der Waals surface area (Å²) >= 11 is 0.